The van der Waals surface area contributed by atoms with Crippen molar-refractivity contribution in [1.29, 1.82) is 0 Å². The number of carbonyl (C=O) groups is 3. The van der Waals surface area contributed by atoms with Gasteiger partial charge in [0.25, 0.3) is 5.91 Å². The lowest BCUT2D eigenvalue weighted by atomic mass is 10.1. The van der Waals surface area contributed by atoms with Gasteiger partial charge in [-0.05, 0) is 61.4 Å². The van der Waals surface area contributed by atoms with E-state index in [-0.39, 0.29) is 18.2 Å². The van der Waals surface area contributed by atoms with Crippen LogP contribution in [0.2, 0.25) is 0 Å². The average Bonchev–Trinajstić information content (AvgIpc) is 3.04. The first kappa shape index (κ1) is 19.1. The summed E-state index contributed by atoms with van der Waals surface area (Å²) in [5, 5.41) is 0. The molecular formula is C20H20BrN3O3. The fraction of sp³-hybridized carbons (Fsp3) is 0.250. The molecule has 2 aromatic carbocycles. The first-order valence-electron chi connectivity index (χ1n) is 8.58. The zero-order valence-corrected chi connectivity index (χ0v) is 16.7. The molecule has 1 aliphatic heterocycles. The predicted octanol–water partition coefficient (Wildman–Crippen LogP) is 2.88. The monoisotopic (exact) mass is 429 g/mol. The van der Waals surface area contributed by atoms with E-state index in [0.29, 0.717) is 12.1 Å². The van der Waals surface area contributed by atoms with Gasteiger partial charge in [-0.3, -0.25) is 25.2 Å². The molecule has 0 radical (unpaired) electrons. The Kier molecular flexibility index (Phi) is 5.60. The van der Waals surface area contributed by atoms with Gasteiger partial charge in [-0.2, -0.15) is 0 Å². The van der Waals surface area contributed by atoms with Crippen LogP contribution in [0.3, 0.4) is 0 Å². The minimum atomic E-state index is -0.510. The molecule has 27 heavy (non-hydrogen) atoms. The van der Waals surface area contributed by atoms with Crippen LogP contribution in [0.4, 0.5) is 5.69 Å². The smallest absolute Gasteiger partial charge is 0.269 e. The van der Waals surface area contributed by atoms with Crippen molar-refractivity contribution in [2.75, 3.05) is 11.4 Å². The van der Waals surface area contributed by atoms with E-state index in [0.717, 1.165) is 21.3 Å². The summed E-state index contributed by atoms with van der Waals surface area (Å²) in [6.07, 6.45) is 0.118. The number of amides is 3. The third-order valence-corrected chi connectivity index (χ3v) is 5.23. The van der Waals surface area contributed by atoms with Gasteiger partial charge in [0, 0.05) is 28.7 Å². The molecule has 2 N–H and O–H groups in total. The van der Waals surface area contributed by atoms with Crippen molar-refractivity contribution in [2.24, 2.45) is 5.92 Å². The van der Waals surface area contributed by atoms with E-state index < -0.39 is 11.8 Å². The molecule has 0 spiro atoms. The molecule has 140 valence electrons. The molecule has 0 aromatic heterocycles. The van der Waals surface area contributed by atoms with Crippen molar-refractivity contribution in [2.45, 2.75) is 20.3 Å². The molecule has 1 fully saturated rings. The van der Waals surface area contributed by atoms with E-state index in [4.69, 9.17) is 0 Å². The normalized spacial score (nSPS) is 16.3. The number of anilines is 1. The lowest BCUT2D eigenvalue weighted by molar-refractivity contribution is -0.126. The number of hydrogen-bond donors (Lipinski definition) is 2. The number of nitrogens with one attached hydrogen (secondary N) is 2. The SMILES string of the molecule is Cc1ccc(N2C[C@H](C(=O)NNC(=O)c3ccc(Br)cc3)CC2=O)cc1C. The van der Waals surface area contributed by atoms with Gasteiger partial charge in [-0.1, -0.05) is 22.0 Å². The van der Waals surface area contributed by atoms with Gasteiger partial charge in [-0.15, -0.1) is 0 Å². The zero-order chi connectivity index (χ0) is 19.6. The number of hydrazine groups is 1. The van der Waals surface area contributed by atoms with Crippen LogP contribution in [-0.4, -0.2) is 24.3 Å². The lowest BCUT2D eigenvalue weighted by Gasteiger charge is -2.18. The van der Waals surface area contributed by atoms with Gasteiger partial charge in [-0.25, -0.2) is 0 Å². The summed E-state index contributed by atoms with van der Waals surface area (Å²) in [4.78, 5) is 38.4. The van der Waals surface area contributed by atoms with Gasteiger partial charge < -0.3 is 4.90 Å². The second-order valence-corrected chi connectivity index (χ2v) is 7.54. The van der Waals surface area contributed by atoms with Crippen molar-refractivity contribution >= 4 is 39.3 Å². The highest BCUT2D eigenvalue weighted by atomic mass is 79.9. The number of aryl methyl sites for hydroxylation is 2. The van der Waals surface area contributed by atoms with Crippen LogP contribution in [0.5, 0.6) is 0 Å². The number of rotatable bonds is 3. The zero-order valence-electron chi connectivity index (χ0n) is 15.1. The van der Waals surface area contributed by atoms with Gasteiger partial charge in [0.1, 0.15) is 0 Å². The Hall–Kier alpha value is -2.67. The maximum atomic E-state index is 12.4. The first-order valence-corrected chi connectivity index (χ1v) is 9.38. The quantitative estimate of drug-likeness (QED) is 0.736. The summed E-state index contributed by atoms with van der Waals surface area (Å²) in [7, 11) is 0. The van der Waals surface area contributed by atoms with Crippen LogP contribution >= 0.6 is 15.9 Å². The van der Waals surface area contributed by atoms with Crippen molar-refractivity contribution in [3.8, 4) is 0 Å². The number of carbonyl (C=O) groups excluding carboxylic acids is 3. The summed E-state index contributed by atoms with van der Waals surface area (Å²) < 4.78 is 0.860. The topological polar surface area (TPSA) is 78.5 Å². The van der Waals surface area contributed by atoms with E-state index in [1.54, 1.807) is 29.2 Å². The second kappa shape index (κ2) is 7.92. The molecule has 3 rings (SSSR count). The molecular weight excluding hydrogens is 410 g/mol. The standard InChI is InChI=1S/C20H20BrN3O3/c1-12-3-8-17(9-13(12)2)24-11-15(10-18(24)25)20(27)23-22-19(26)14-4-6-16(21)7-5-14/h3-9,15H,10-11H2,1-2H3,(H,22,26)(H,23,27)/t15-/m1/s1. The van der Waals surface area contributed by atoms with Crippen molar-refractivity contribution in [3.63, 3.8) is 0 Å². The molecule has 1 heterocycles. The maximum absolute atomic E-state index is 12.4. The largest absolute Gasteiger partial charge is 0.312 e. The highest BCUT2D eigenvalue weighted by Gasteiger charge is 2.35. The molecule has 0 bridgehead atoms. The molecule has 7 heteroatoms. The molecule has 2 aromatic rings. The number of nitrogens with zero attached hydrogens (tertiary/aromatic N) is 1. The summed E-state index contributed by atoms with van der Waals surface area (Å²) >= 11 is 3.30. The Morgan fingerprint density at radius 3 is 2.41 bits per heavy atom. The molecule has 1 aliphatic rings. The molecule has 6 nitrogen and oxygen atoms in total. The molecule has 0 unspecified atom stereocenters. The van der Waals surface area contributed by atoms with Gasteiger partial charge in [0.15, 0.2) is 0 Å². The number of hydrogen-bond acceptors (Lipinski definition) is 3. The van der Waals surface area contributed by atoms with Crippen molar-refractivity contribution in [1.82, 2.24) is 10.9 Å². The van der Waals surface area contributed by atoms with Crippen molar-refractivity contribution < 1.29 is 14.4 Å². The summed E-state index contributed by atoms with van der Waals surface area (Å²) in [5.41, 5.74) is 8.28. The van der Waals surface area contributed by atoms with Gasteiger partial charge in [0.05, 0.1) is 5.92 Å². The molecule has 3 amide bonds. The summed E-state index contributed by atoms with van der Waals surface area (Å²) in [5.74, 6) is -1.40. The highest BCUT2D eigenvalue weighted by Crippen LogP contribution is 2.26. The Balaban J connectivity index is 1.59. The van der Waals surface area contributed by atoms with Crippen LogP contribution in [0.25, 0.3) is 0 Å². The molecule has 0 saturated carbocycles. The predicted molar refractivity (Wildman–Crippen MR) is 106 cm³/mol. The fourth-order valence-corrected chi connectivity index (χ4v) is 3.18. The van der Waals surface area contributed by atoms with E-state index >= 15 is 0 Å². The van der Waals surface area contributed by atoms with Crippen molar-refractivity contribution in [3.05, 3.63) is 63.6 Å². The van der Waals surface area contributed by atoms with E-state index in [9.17, 15) is 14.4 Å². The van der Waals surface area contributed by atoms with Gasteiger partial charge >= 0.3 is 0 Å². The fourth-order valence-electron chi connectivity index (χ4n) is 2.92. The van der Waals surface area contributed by atoms with E-state index in [1.807, 2.05) is 32.0 Å². The minimum Gasteiger partial charge on any atom is -0.312 e. The Bertz CT molecular complexity index is 896. The van der Waals surface area contributed by atoms with Crippen LogP contribution in [-0.2, 0) is 9.59 Å². The second-order valence-electron chi connectivity index (χ2n) is 6.62. The van der Waals surface area contributed by atoms with Crippen LogP contribution < -0.4 is 15.8 Å². The highest BCUT2D eigenvalue weighted by molar-refractivity contribution is 9.10. The molecule has 1 atom stereocenters. The minimum absolute atomic E-state index is 0.0994. The van der Waals surface area contributed by atoms with E-state index in [2.05, 4.69) is 26.8 Å². The van der Waals surface area contributed by atoms with Crippen LogP contribution in [0.1, 0.15) is 27.9 Å². The summed E-state index contributed by atoms with van der Waals surface area (Å²) in [6.45, 7) is 4.29. The van der Waals surface area contributed by atoms with Crippen LogP contribution in [0.15, 0.2) is 46.9 Å². The Morgan fingerprint density at radius 1 is 1.04 bits per heavy atom. The van der Waals surface area contributed by atoms with E-state index in [1.165, 1.54) is 0 Å². The molecule has 0 aliphatic carbocycles. The van der Waals surface area contributed by atoms with Crippen LogP contribution in [0, 0.1) is 19.8 Å². The Morgan fingerprint density at radius 2 is 1.74 bits per heavy atom. The lowest BCUT2D eigenvalue weighted by Crippen LogP contribution is -2.45. The third-order valence-electron chi connectivity index (χ3n) is 4.70. The average molecular weight is 430 g/mol. The first-order chi connectivity index (χ1) is 12.8. The van der Waals surface area contributed by atoms with Gasteiger partial charge in [0.2, 0.25) is 11.8 Å². The third kappa shape index (κ3) is 4.36. The number of halogens is 1. The summed E-state index contributed by atoms with van der Waals surface area (Å²) in [6, 6.07) is 12.6. The number of benzene rings is 2. The Labute approximate surface area is 166 Å². The maximum Gasteiger partial charge on any atom is 0.269 e. The molecule has 1 saturated heterocycles.